The Labute approximate surface area is 115 Å². The van der Waals surface area contributed by atoms with Gasteiger partial charge in [-0.2, -0.15) is 0 Å². The molecule has 0 aliphatic rings. The lowest BCUT2D eigenvalue weighted by Crippen LogP contribution is -2.17. The van der Waals surface area contributed by atoms with Gasteiger partial charge in [0.05, 0.1) is 6.61 Å². The minimum atomic E-state index is -0.230. The molecule has 0 fully saturated rings. The van der Waals surface area contributed by atoms with Gasteiger partial charge in [0, 0.05) is 0 Å². The smallest absolute Gasteiger partial charge is 0.196 e. The van der Waals surface area contributed by atoms with Crippen LogP contribution in [0.5, 0.6) is 5.75 Å². The number of hydrogen-bond acceptors (Lipinski definition) is 2. The average molecular weight is 256 g/mol. The number of aryl methyl sites for hydroxylation is 1. The molecule has 0 saturated heterocycles. The molecule has 2 rings (SSSR count). The fraction of sp³-hybridized carbons (Fsp3) is 0.294. The van der Waals surface area contributed by atoms with Crippen molar-refractivity contribution in [2.45, 2.75) is 26.6 Å². The second-order valence-corrected chi connectivity index (χ2v) is 4.60. The van der Waals surface area contributed by atoms with Crippen molar-refractivity contribution in [2.24, 2.45) is 0 Å². The summed E-state index contributed by atoms with van der Waals surface area (Å²) in [7, 11) is 0. The molecule has 0 N–H and O–H groups in total. The molecular weight excluding hydrogens is 236 g/mol. The third-order valence-corrected chi connectivity index (χ3v) is 2.91. The van der Waals surface area contributed by atoms with Crippen LogP contribution in [-0.4, -0.2) is 12.9 Å². The SMILES string of the molecule is Cc1ccc(OC(C)OCCc2ccccc2)cc1. The Hall–Kier alpha value is -1.80. The maximum Gasteiger partial charge on any atom is 0.196 e. The van der Waals surface area contributed by atoms with E-state index in [2.05, 4.69) is 19.1 Å². The van der Waals surface area contributed by atoms with Gasteiger partial charge in [0.15, 0.2) is 6.29 Å². The first-order chi connectivity index (χ1) is 9.24. The summed E-state index contributed by atoms with van der Waals surface area (Å²) in [5.41, 5.74) is 2.51. The third-order valence-electron chi connectivity index (χ3n) is 2.91. The summed E-state index contributed by atoms with van der Waals surface area (Å²) in [6.45, 7) is 4.64. The van der Waals surface area contributed by atoms with Crippen molar-refractivity contribution in [1.29, 1.82) is 0 Å². The summed E-state index contributed by atoms with van der Waals surface area (Å²) in [5.74, 6) is 0.845. The number of ether oxygens (including phenoxy) is 2. The quantitative estimate of drug-likeness (QED) is 0.728. The molecule has 0 heterocycles. The minimum Gasteiger partial charge on any atom is -0.465 e. The van der Waals surface area contributed by atoms with Crippen LogP contribution >= 0.6 is 0 Å². The summed E-state index contributed by atoms with van der Waals surface area (Å²) < 4.78 is 11.3. The van der Waals surface area contributed by atoms with E-state index in [-0.39, 0.29) is 6.29 Å². The highest BCUT2D eigenvalue weighted by Crippen LogP contribution is 2.13. The Morgan fingerprint density at radius 1 is 0.947 bits per heavy atom. The first-order valence-corrected chi connectivity index (χ1v) is 6.63. The molecule has 0 radical (unpaired) electrons. The van der Waals surface area contributed by atoms with Crippen LogP contribution in [0.3, 0.4) is 0 Å². The van der Waals surface area contributed by atoms with Crippen LogP contribution in [0.15, 0.2) is 54.6 Å². The average Bonchev–Trinajstić information content (AvgIpc) is 2.43. The van der Waals surface area contributed by atoms with E-state index in [9.17, 15) is 0 Å². The summed E-state index contributed by atoms with van der Waals surface area (Å²) in [5, 5.41) is 0. The zero-order valence-corrected chi connectivity index (χ0v) is 11.5. The standard InChI is InChI=1S/C17H20O2/c1-14-8-10-17(11-9-14)19-15(2)18-13-12-16-6-4-3-5-7-16/h3-11,15H,12-13H2,1-2H3. The van der Waals surface area contributed by atoms with Crippen molar-refractivity contribution in [3.05, 3.63) is 65.7 Å². The molecule has 0 aromatic heterocycles. The Bertz CT molecular complexity index is 476. The van der Waals surface area contributed by atoms with E-state index >= 15 is 0 Å². The van der Waals surface area contributed by atoms with Crippen LogP contribution in [0.4, 0.5) is 0 Å². The van der Waals surface area contributed by atoms with Gasteiger partial charge in [0.1, 0.15) is 5.75 Å². The van der Waals surface area contributed by atoms with Crippen LogP contribution in [-0.2, 0) is 11.2 Å². The normalized spacial score (nSPS) is 12.1. The topological polar surface area (TPSA) is 18.5 Å². The van der Waals surface area contributed by atoms with E-state index < -0.39 is 0 Å². The molecule has 2 nitrogen and oxygen atoms in total. The molecule has 0 bridgehead atoms. The van der Waals surface area contributed by atoms with Gasteiger partial charge in [-0.1, -0.05) is 48.0 Å². The van der Waals surface area contributed by atoms with E-state index in [1.165, 1.54) is 11.1 Å². The zero-order valence-electron chi connectivity index (χ0n) is 11.5. The van der Waals surface area contributed by atoms with Crippen molar-refractivity contribution in [3.63, 3.8) is 0 Å². The molecule has 2 heteroatoms. The number of hydrogen-bond donors (Lipinski definition) is 0. The van der Waals surface area contributed by atoms with E-state index in [4.69, 9.17) is 9.47 Å². The lowest BCUT2D eigenvalue weighted by atomic mass is 10.2. The highest BCUT2D eigenvalue weighted by molar-refractivity contribution is 5.26. The van der Waals surface area contributed by atoms with Gasteiger partial charge >= 0.3 is 0 Å². The third kappa shape index (κ3) is 4.76. The predicted molar refractivity (Wildman–Crippen MR) is 77.4 cm³/mol. The molecule has 0 amide bonds. The van der Waals surface area contributed by atoms with Gasteiger partial charge in [0.25, 0.3) is 0 Å². The van der Waals surface area contributed by atoms with Gasteiger partial charge in [-0.05, 0) is 38.0 Å². The molecule has 2 aromatic rings. The number of rotatable bonds is 6. The van der Waals surface area contributed by atoms with Crippen molar-refractivity contribution >= 4 is 0 Å². The second-order valence-electron chi connectivity index (χ2n) is 4.60. The van der Waals surface area contributed by atoms with Crippen LogP contribution < -0.4 is 4.74 Å². The van der Waals surface area contributed by atoms with Crippen molar-refractivity contribution in [2.75, 3.05) is 6.61 Å². The summed E-state index contributed by atoms with van der Waals surface area (Å²) >= 11 is 0. The van der Waals surface area contributed by atoms with Crippen molar-refractivity contribution in [1.82, 2.24) is 0 Å². The van der Waals surface area contributed by atoms with Gasteiger partial charge in [-0.3, -0.25) is 0 Å². The van der Waals surface area contributed by atoms with Crippen molar-refractivity contribution < 1.29 is 9.47 Å². The van der Waals surface area contributed by atoms with E-state index in [1.807, 2.05) is 49.4 Å². The molecule has 2 aromatic carbocycles. The molecule has 100 valence electrons. The lowest BCUT2D eigenvalue weighted by molar-refractivity contribution is -0.0654. The van der Waals surface area contributed by atoms with E-state index in [0.29, 0.717) is 6.61 Å². The minimum absolute atomic E-state index is 0.230. The molecular formula is C17H20O2. The maximum atomic E-state index is 5.69. The van der Waals surface area contributed by atoms with Crippen LogP contribution in [0.2, 0.25) is 0 Å². The van der Waals surface area contributed by atoms with Gasteiger partial charge < -0.3 is 9.47 Å². The lowest BCUT2D eigenvalue weighted by Gasteiger charge is -2.15. The van der Waals surface area contributed by atoms with Gasteiger partial charge in [0.2, 0.25) is 0 Å². The van der Waals surface area contributed by atoms with Crippen molar-refractivity contribution in [3.8, 4) is 5.75 Å². The molecule has 19 heavy (non-hydrogen) atoms. The van der Waals surface area contributed by atoms with E-state index in [0.717, 1.165) is 12.2 Å². The Morgan fingerprint density at radius 2 is 1.63 bits per heavy atom. The van der Waals surface area contributed by atoms with Crippen LogP contribution in [0.25, 0.3) is 0 Å². The maximum absolute atomic E-state index is 5.69. The first-order valence-electron chi connectivity index (χ1n) is 6.63. The Morgan fingerprint density at radius 3 is 2.32 bits per heavy atom. The molecule has 0 aliphatic carbocycles. The molecule has 0 spiro atoms. The predicted octanol–water partition coefficient (Wildman–Crippen LogP) is 3.98. The molecule has 1 atom stereocenters. The van der Waals surface area contributed by atoms with Crippen LogP contribution in [0, 0.1) is 6.92 Å². The van der Waals surface area contributed by atoms with Crippen LogP contribution in [0.1, 0.15) is 18.1 Å². The second kappa shape index (κ2) is 6.95. The van der Waals surface area contributed by atoms with E-state index in [1.54, 1.807) is 0 Å². The Kier molecular flexibility index (Phi) is 4.99. The zero-order chi connectivity index (χ0) is 13.5. The molecule has 1 unspecified atom stereocenters. The molecule has 0 saturated carbocycles. The largest absolute Gasteiger partial charge is 0.465 e. The number of benzene rings is 2. The monoisotopic (exact) mass is 256 g/mol. The molecule has 0 aliphatic heterocycles. The fourth-order valence-electron chi connectivity index (χ4n) is 1.83. The van der Waals surface area contributed by atoms with Gasteiger partial charge in [-0.15, -0.1) is 0 Å². The Balaban J connectivity index is 1.73. The first kappa shape index (κ1) is 13.6. The summed E-state index contributed by atoms with van der Waals surface area (Å²) in [4.78, 5) is 0. The summed E-state index contributed by atoms with van der Waals surface area (Å²) in [6, 6.07) is 18.3. The van der Waals surface area contributed by atoms with Gasteiger partial charge in [-0.25, -0.2) is 0 Å². The highest BCUT2D eigenvalue weighted by atomic mass is 16.7. The summed E-state index contributed by atoms with van der Waals surface area (Å²) in [6.07, 6.45) is 0.675. The fourth-order valence-corrected chi connectivity index (χ4v) is 1.83. The highest BCUT2D eigenvalue weighted by Gasteiger charge is 2.03.